The van der Waals surface area contributed by atoms with Crippen molar-refractivity contribution in [2.75, 3.05) is 18.6 Å². The fourth-order valence-corrected chi connectivity index (χ4v) is 2.30. The molecule has 9 heteroatoms. The van der Waals surface area contributed by atoms with Gasteiger partial charge in [0.05, 0.1) is 5.75 Å². The van der Waals surface area contributed by atoms with Gasteiger partial charge in [-0.2, -0.15) is 8.78 Å². The van der Waals surface area contributed by atoms with Crippen LogP contribution >= 0.6 is 0 Å². The normalized spacial score (nSPS) is 12.2. The third kappa shape index (κ3) is 6.86. The van der Waals surface area contributed by atoms with Crippen LogP contribution in [0.1, 0.15) is 27.2 Å². The highest BCUT2D eigenvalue weighted by atomic mass is 32.2. The van der Waals surface area contributed by atoms with Crippen molar-refractivity contribution in [2.24, 2.45) is 5.92 Å². The van der Waals surface area contributed by atoms with Crippen LogP contribution < -0.4 is 4.74 Å². The van der Waals surface area contributed by atoms with Gasteiger partial charge in [-0.1, -0.05) is 20.8 Å². The minimum atomic E-state index is -3.26. The molecule has 0 bridgehead atoms. The lowest BCUT2D eigenvalue weighted by atomic mass is 10.0. The Hall–Kier alpha value is -1.64. The average Bonchev–Trinajstić information content (AvgIpc) is 2.51. The van der Waals surface area contributed by atoms with Gasteiger partial charge >= 0.3 is 0 Å². The van der Waals surface area contributed by atoms with Gasteiger partial charge in [0.25, 0.3) is 0 Å². The van der Waals surface area contributed by atoms with Gasteiger partial charge < -0.3 is 4.74 Å². The summed E-state index contributed by atoms with van der Waals surface area (Å²) in [7, 11) is -3.26. The first-order chi connectivity index (χ1) is 11.0. The van der Waals surface area contributed by atoms with Crippen LogP contribution in [0.15, 0.2) is 6.07 Å². The number of halogens is 4. The second-order valence-electron chi connectivity index (χ2n) is 4.87. The van der Waals surface area contributed by atoms with Crippen molar-refractivity contribution in [1.82, 2.24) is 0 Å². The summed E-state index contributed by atoms with van der Waals surface area (Å²) in [6, 6.07) is 0.0219. The predicted molar refractivity (Wildman–Crippen MR) is 81.6 cm³/mol. The van der Waals surface area contributed by atoms with Crippen molar-refractivity contribution >= 4 is 15.6 Å². The highest BCUT2D eigenvalue weighted by Gasteiger charge is 2.23. The summed E-state index contributed by atoms with van der Waals surface area (Å²) in [6.07, 6.45) is 1.00. The molecular weight excluding hydrogens is 352 g/mol. The zero-order valence-corrected chi connectivity index (χ0v) is 14.6. The maximum absolute atomic E-state index is 13.3. The van der Waals surface area contributed by atoms with Gasteiger partial charge in [0.15, 0.2) is 23.2 Å². The average molecular weight is 372 g/mol. The summed E-state index contributed by atoms with van der Waals surface area (Å²) < 4.78 is 79.0. The minimum absolute atomic E-state index is 0.00348. The first-order valence-electron chi connectivity index (χ1n) is 7.19. The number of carbonyl (C=O) groups is 1. The number of hydrogen-bond acceptors (Lipinski definition) is 4. The zero-order chi connectivity index (χ0) is 19.1. The molecule has 1 unspecified atom stereocenters. The number of benzene rings is 1. The van der Waals surface area contributed by atoms with Gasteiger partial charge in [0.1, 0.15) is 16.4 Å². The fourth-order valence-electron chi connectivity index (χ4n) is 1.52. The molecule has 0 aliphatic rings. The molecule has 0 N–H and O–H groups in total. The van der Waals surface area contributed by atoms with Crippen LogP contribution in [0.2, 0.25) is 0 Å². The van der Waals surface area contributed by atoms with E-state index < -0.39 is 57.2 Å². The van der Waals surface area contributed by atoms with E-state index in [-0.39, 0.29) is 18.2 Å². The second kappa shape index (κ2) is 9.61. The maximum Gasteiger partial charge on any atom is 0.203 e. The summed E-state index contributed by atoms with van der Waals surface area (Å²) in [4.78, 5) is 11.7. The topological polar surface area (TPSA) is 60.4 Å². The Labute approximate surface area is 138 Å². The molecule has 1 aromatic carbocycles. The number of ketones is 1. The van der Waals surface area contributed by atoms with Crippen LogP contribution in [0, 0.1) is 29.2 Å². The molecule has 4 nitrogen and oxygen atoms in total. The van der Waals surface area contributed by atoms with Crippen molar-refractivity contribution < 1.29 is 35.5 Å². The molecule has 0 amide bonds. The van der Waals surface area contributed by atoms with E-state index in [0.29, 0.717) is 0 Å². The third-order valence-electron chi connectivity index (χ3n) is 2.90. The Morgan fingerprint density at radius 1 is 1.12 bits per heavy atom. The Morgan fingerprint density at radius 2 is 1.58 bits per heavy atom. The van der Waals surface area contributed by atoms with Crippen molar-refractivity contribution in [3.63, 3.8) is 0 Å². The first kappa shape index (κ1) is 22.4. The largest absolute Gasteiger partial charge is 0.480 e. The molecule has 0 aromatic heterocycles. The summed E-state index contributed by atoms with van der Waals surface area (Å²) in [5.41, 5.74) is 0. The van der Waals surface area contributed by atoms with Gasteiger partial charge in [-0.3, -0.25) is 4.79 Å². The minimum Gasteiger partial charge on any atom is -0.480 e. The SMILES string of the molecule is CC.CC(CCS(C)(=O)=O)C(=O)COc1c(F)c(F)cc(F)c1F. The van der Waals surface area contributed by atoms with E-state index in [1.165, 1.54) is 6.92 Å². The Kier molecular flexibility index (Phi) is 8.95. The molecule has 0 fully saturated rings. The van der Waals surface area contributed by atoms with Crippen molar-refractivity contribution in [3.8, 4) is 5.75 Å². The van der Waals surface area contributed by atoms with E-state index in [1.54, 1.807) is 0 Å². The van der Waals surface area contributed by atoms with E-state index in [1.807, 2.05) is 13.8 Å². The fraction of sp³-hybridized carbons (Fsp3) is 0.533. The number of ether oxygens (including phenoxy) is 1. The maximum atomic E-state index is 13.3. The van der Waals surface area contributed by atoms with Crippen molar-refractivity contribution in [2.45, 2.75) is 27.2 Å². The second-order valence-corrected chi connectivity index (χ2v) is 7.13. The molecule has 1 rings (SSSR count). The molecule has 24 heavy (non-hydrogen) atoms. The molecule has 0 radical (unpaired) electrons. The molecule has 138 valence electrons. The zero-order valence-electron chi connectivity index (χ0n) is 13.8. The molecular formula is C15H20F4O4S. The molecule has 0 aliphatic heterocycles. The highest BCUT2D eigenvalue weighted by Crippen LogP contribution is 2.26. The van der Waals surface area contributed by atoms with Gasteiger partial charge in [0.2, 0.25) is 11.6 Å². The van der Waals surface area contributed by atoms with Crippen LogP contribution in [0.5, 0.6) is 5.75 Å². The summed E-state index contributed by atoms with van der Waals surface area (Å²) >= 11 is 0. The summed E-state index contributed by atoms with van der Waals surface area (Å²) in [6.45, 7) is 4.58. The van der Waals surface area contributed by atoms with Crippen LogP contribution in [-0.2, 0) is 14.6 Å². The number of carbonyl (C=O) groups excluding carboxylic acids is 1. The number of sulfone groups is 1. The molecule has 1 aromatic rings. The highest BCUT2D eigenvalue weighted by molar-refractivity contribution is 7.90. The lowest BCUT2D eigenvalue weighted by Crippen LogP contribution is -2.22. The van der Waals surface area contributed by atoms with E-state index in [9.17, 15) is 30.8 Å². The van der Waals surface area contributed by atoms with Gasteiger partial charge in [-0.15, -0.1) is 0 Å². The summed E-state index contributed by atoms with van der Waals surface area (Å²) in [5.74, 6) is -9.73. The van der Waals surface area contributed by atoms with E-state index >= 15 is 0 Å². The van der Waals surface area contributed by atoms with Gasteiger partial charge in [-0.05, 0) is 6.42 Å². The van der Waals surface area contributed by atoms with E-state index in [4.69, 9.17) is 0 Å². The number of Topliss-reactive ketones (excluding diaryl/α,β-unsaturated/α-hetero) is 1. The monoisotopic (exact) mass is 372 g/mol. The standard InChI is InChI=1S/C13H14F4O4S.C2H6/c1-7(3-4-22(2,19)20)10(18)6-21-13-11(16)8(14)5-9(15)12(13)17;1-2/h5,7H,3-4,6H2,1-2H3;1-2H3. The van der Waals surface area contributed by atoms with E-state index in [0.717, 1.165) is 6.26 Å². The number of rotatable bonds is 7. The first-order valence-corrected chi connectivity index (χ1v) is 9.25. The Balaban J connectivity index is 0.00000254. The molecule has 0 spiro atoms. The van der Waals surface area contributed by atoms with Crippen LogP contribution in [0.4, 0.5) is 17.6 Å². The molecule has 0 saturated heterocycles. The van der Waals surface area contributed by atoms with E-state index in [2.05, 4.69) is 4.74 Å². The molecule has 0 heterocycles. The van der Waals surface area contributed by atoms with Gasteiger partial charge in [-0.25, -0.2) is 17.2 Å². The van der Waals surface area contributed by atoms with Crippen LogP contribution in [0.3, 0.4) is 0 Å². The quantitative estimate of drug-likeness (QED) is 0.544. The van der Waals surface area contributed by atoms with Crippen LogP contribution in [-0.4, -0.2) is 32.8 Å². The predicted octanol–water partition coefficient (Wildman–Crippen LogP) is 3.29. The Morgan fingerprint density at radius 3 is 2.00 bits per heavy atom. The third-order valence-corrected chi connectivity index (χ3v) is 3.88. The lowest BCUT2D eigenvalue weighted by molar-refractivity contribution is -0.124. The Bertz CT molecular complexity index is 648. The van der Waals surface area contributed by atoms with Crippen molar-refractivity contribution in [3.05, 3.63) is 29.3 Å². The van der Waals surface area contributed by atoms with Gasteiger partial charge in [0, 0.05) is 18.2 Å². The smallest absolute Gasteiger partial charge is 0.203 e. The number of hydrogen-bond donors (Lipinski definition) is 0. The lowest BCUT2D eigenvalue weighted by Gasteiger charge is -2.12. The molecule has 0 saturated carbocycles. The molecule has 1 atom stereocenters. The van der Waals surface area contributed by atoms with Crippen LogP contribution in [0.25, 0.3) is 0 Å². The summed E-state index contributed by atoms with van der Waals surface area (Å²) in [5, 5.41) is 0. The van der Waals surface area contributed by atoms with Crippen molar-refractivity contribution in [1.29, 1.82) is 0 Å². The molecule has 0 aliphatic carbocycles.